The number of hydrogen-bond acceptors (Lipinski definition) is 4. The van der Waals surface area contributed by atoms with Gasteiger partial charge in [0, 0.05) is 18.2 Å². The lowest BCUT2D eigenvalue weighted by Crippen LogP contribution is -2.54. The Labute approximate surface area is 110 Å². The molecule has 3 unspecified atom stereocenters. The minimum absolute atomic E-state index is 0.0518. The van der Waals surface area contributed by atoms with Crippen molar-refractivity contribution in [1.82, 2.24) is 5.32 Å². The number of ether oxygens (including phenoxy) is 1. The van der Waals surface area contributed by atoms with Crippen molar-refractivity contribution in [3.63, 3.8) is 0 Å². The first kappa shape index (κ1) is 14.3. The molecular weight excluding hydrogens is 250 g/mol. The van der Waals surface area contributed by atoms with E-state index in [0.717, 1.165) is 32.3 Å². The molecule has 5 heteroatoms. The molecule has 0 aromatic rings. The van der Waals surface area contributed by atoms with Gasteiger partial charge in [0.05, 0.1) is 17.1 Å². The predicted octanol–water partition coefficient (Wildman–Crippen LogP) is 1.50. The van der Waals surface area contributed by atoms with E-state index in [4.69, 9.17) is 4.74 Å². The van der Waals surface area contributed by atoms with Crippen molar-refractivity contribution in [2.24, 2.45) is 0 Å². The van der Waals surface area contributed by atoms with Gasteiger partial charge in [-0.1, -0.05) is 6.92 Å². The first-order valence-corrected chi connectivity index (χ1v) is 8.70. The lowest BCUT2D eigenvalue weighted by atomic mass is 9.88. The van der Waals surface area contributed by atoms with Gasteiger partial charge in [0.1, 0.15) is 0 Å². The lowest BCUT2D eigenvalue weighted by molar-refractivity contribution is -0.0805. The Balaban J connectivity index is 1.98. The van der Waals surface area contributed by atoms with Gasteiger partial charge >= 0.3 is 0 Å². The third-order valence-electron chi connectivity index (χ3n) is 4.40. The molecule has 2 saturated heterocycles. The Kier molecular flexibility index (Phi) is 3.78. The minimum Gasteiger partial charge on any atom is -0.375 e. The smallest absolute Gasteiger partial charge is 0.152 e. The van der Waals surface area contributed by atoms with Gasteiger partial charge in [-0.25, -0.2) is 8.42 Å². The molecule has 0 aromatic carbocycles. The summed E-state index contributed by atoms with van der Waals surface area (Å²) in [5.41, 5.74) is -0.292. The largest absolute Gasteiger partial charge is 0.375 e. The third kappa shape index (κ3) is 3.25. The van der Waals surface area contributed by atoms with Gasteiger partial charge in [-0.15, -0.1) is 0 Å². The first-order chi connectivity index (χ1) is 8.26. The molecule has 1 N–H and O–H groups in total. The maximum absolute atomic E-state index is 11.6. The average Bonchev–Trinajstić information content (AvgIpc) is 2.53. The van der Waals surface area contributed by atoms with Gasteiger partial charge in [-0.2, -0.15) is 0 Å². The summed E-state index contributed by atoms with van der Waals surface area (Å²) < 4.78 is 29.0. The van der Waals surface area contributed by atoms with Crippen molar-refractivity contribution >= 4 is 9.84 Å². The summed E-state index contributed by atoms with van der Waals surface area (Å²) in [7, 11) is -2.83. The second kappa shape index (κ2) is 4.76. The van der Waals surface area contributed by atoms with Gasteiger partial charge in [0.25, 0.3) is 0 Å². The van der Waals surface area contributed by atoms with Crippen LogP contribution in [0.1, 0.15) is 46.5 Å². The molecule has 0 amide bonds. The fourth-order valence-corrected chi connectivity index (χ4v) is 5.22. The second-order valence-corrected chi connectivity index (χ2v) is 8.57. The molecule has 2 aliphatic rings. The summed E-state index contributed by atoms with van der Waals surface area (Å²) in [6.07, 6.45) is 3.68. The number of nitrogens with one attached hydrogen (secondary N) is 1. The third-order valence-corrected chi connectivity index (χ3v) is 6.30. The van der Waals surface area contributed by atoms with E-state index < -0.39 is 9.84 Å². The SMILES string of the molecule is CCC1(C)CC(NC2(C)CCS(=O)(=O)C2)CCO1. The normalized spacial score (nSPS) is 44.1. The summed E-state index contributed by atoms with van der Waals surface area (Å²) in [6.45, 7) is 7.10. The van der Waals surface area contributed by atoms with Crippen LogP contribution in [0.4, 0.5) is 0 Å². The van der Waals surface area contributed by atoms with Crippen LogP contribution in [0.3, 0.4) is 0 Å². The molecule has 106 valence electrons. The van der Waals surface area contributed by atoms with E-state index in [0.29, 0.717) is 11.8 Å². The quantitative estimate of drug-likeness (QED) is 0.848. The predicted molar refractivity (Wildman–Crippen MR) is 72.5 cm³/mol. The monoisotopic (exact) mass is 275 g/mol. The number of rotatable bonds is 3. The van der Waals surface area contributed by atoms with Crippen LogP contribution < -0.4 is 5.32 Å². The summed E-state index contributed by atoms with van der Waals surface area (Å²) >= 11 is 0. The zero-order chi connectivity index (χ0) is 13.4. The van der Waals surface area contributed by atoms with Crippen molar-refractivity contribution in [3.8, 4) is 0 Å². The lowest BCUT2D eigenvalue weighted by Gasteiger charge is -2.41. The highest BCUT2D eigenvalue weighted by atomic mass is 32.2. The maximum atomic E-state index is 11.6. The van der Waals surface area contributed by atoms with Crippen LogP contribution >= 0.6 is 0 Å². The Morgan fingerprint density at radius 2 is 2.11 bits per heavy atom. The topological polar surface area (TPSA) is 55.4 Å². The molecule has 2 fully saturated rings. The molecule has 2 rings (SSSR count). The molecule has 18 heavy (non-hydrogen) atoms. The number of hydrogen-bond donors (Lipinski definition) is 1. The Morgan fingerprint density at radius 3 is 2.67 bits per heavy atom. The van der Waals surface area contributed by atoms with E-state index in [1.54, 1.807) is 0 Å². The minimum atomic E-state index is -2.83. The van der Waals surface area contributed by atoms with E-state index in [1.165, 1.54) is 0 Å². The molecule has 0 spiro atoms. The highest BCUT2D eigenvalue weighted by molar-refractivity contribution is 7.91. The van der Waals surface area contributed by atoms with Crippen LogP contribution in [0.2, 0.25) is 0 Å². The fourth-order valence-electron chi connectivity index (χ4n) is 3.12. The van der Waals surface area contributed by atoms with E-state index in [1.807, 2.05) is 6.92 Å². The van der Waals surface area contributed by atoms with Crippen LogP contribution in [0.25, 0.3) is 0 Å². The molecular formula is C13H25NO3S. The maximum Gasteiger partial charge on any atom is 0.152 e. The van der Waals surface area contributed by atoms with E-state index in [-0.39, 0.29) is 16.9 Å². The van der Waals surface area contributed by atoms with E-state index in [9.17, 15) is 8.42 Å². The van der Waals surface area contributed by atoms with E-state index >= 15 is 0 Å². The van der Waals surface area contributed by atoms with Gasteiger partial charge in [-0.3, -0.25) is 0 Å². The van der Waals surface area contributed by atoms with Gasteiger partial charge < -0.3 is 10.1 Å². The molecule has 2 aliphatic heterocycles. The van der Waals surface area contributed by atoms with Gasteiger partial charge in [0.2, 0.25) is 0 Å². The van der Waals surface area contributed by atoms with Gasteiger partial charge in [0.15, 0.2) is 9.84 Å². The van der Waals surface area contributed by atoms with Crippen molar-refractivity contribution in [1.29, 1.82) is 0 Å². The molecule has 2 heterocycles. The molecule has 0 saturated carbocycles. The molecule has 0 radical (unpaired) electrons. The molecule has 3 atom stereocenters. The Hall–Kier alpha value is -0.130. The standard InChI is InChI=1S/C13H25NO3S/c1-4-13(3)9-11(5-7-17-13)14-12(2)6-8-18(15,16)10-12/h11,14H,4-10H2,1-3H3. The summed E-state index contributed by atoms with van der Waals surface area (Å²) in [6, 6.07) is 0.377. The molecule has 4 nitrogen and oxygen atoms in total. The van der Waals surface area contributed by atoms with Crippen LogP contribution in [0.15, 0.2) is 0 Å². The molecule has 0 aliphatic carbocycles. The fraction of sp³-hybridized carbons (Fsp3) is 1.00. The van der Waals surface area contributed by atoms with Crippen LogP contribution in [-0.2, 0) is 14.6 Å². The Morgan fingerprint density at radius 1 is 1.39 bits per heavy atom. The van der Waals surface area contributed by atoms with Crippen molar-refractivity contribution in [3.05, 3.63) is 0 Å². The number of sulfone groups is 1. The zero-order valence-corrected chi connectivity index (χ0v) is 12.5. The highest BCUT2D eigenvalue weighted by Crippen LogP contribution is 2.31. The van der Waals surface area contributed by atoms with Crippen LogP contribution in [0.5, 0.6) is 0 Å². The van der Waals surface area contributed by atoms with Crippen molar-refractivity contribution < 1.29 is 13.2 Å². The second-order valence-electron chi connectivity index (χ2n) is 6.39. The zero-order valence-electron chi connectivity index (χ0n) is 11.7. The first-order valence-electron chi connectivity index (χ1n) is 6.88. The summed E-state index contributed by atoms with van der Waals surface area (Å²) in [4.78, 5) is 0. The van der Waals surface area contributed by atoms with Crippen LogP contribution in [0, 0.1) is 0 Å². The van der Waals surface area contributed by atoms with Crippen LogP contribution in [-0.4, -0.2) is 43.7 Å². The average molecular weight is 275 g/mol. The van der Waals surface area contributed by atoms with Crippen molar-refractivity contribution in [2.45, 2.75) is 63.6 Å². The summed E-state index contributed by atoms with van der Waals surface area (Å²) in [5, 5.41) is 3.58. The molecule has 0 aromatic heterocycles. The Bertz CT molecular complexity index is 408. The molecule has 0 bridgehead atoms. The van der Waals surface area contributed by atoms with Crippen molar-refractivity contribution in [2.75, 3.05) is 18.1 Å². The van der Waals surface area contributed by atoms with E-state index in [2.05, 4.69) is 19.2 Å². The highest BCUT2D eigenvalue weighted by Gasteiger charge is 2.41. The van der Waals surface area contributed by atoms with Gasteiger partial charge in [-0.05, 0) is 39.5 Å². The summed E-state index contributed by atoms with van der Waals surface area (Å²) in [5.74, 6) is 0.602.